The van der Waals surface area contributed by atoms with E-state index in [0.29, 0.717) is 12.2 Å². The second kappa shape index (κ2) is 9.51. The maximum Gasteiger partial charge on any atom is 0.271 e. The molecule has 1 fully saturated rings. The summed E-state index contributed by atoms with van der Waals surface area (Å²) in [7, 11) is 2.26. The number of hydrogen-bond acceptors (Lipinski definition) is 4. The van der Waals surface area contributed by atoms with E-state index >= 15 is 0 Å². The van der Waals surface area contributed by atoms with Gasteiger partial charge in [-0.25, -0.2) is 4.98 Å². The van der Waals surface area contributed by atoms with E-state index in [1.165, 1.54) is 57.5 Å². The molecule has 5 heteroatoms. The maximum absolute atomic E-state index is 11.8. The third-order valence-corrected chi connectivity index (χ3v) is 4.47. The Bertz CT molecular complexity index is 432. The number of hydrogen-bond donors (Lipinski definition) is 1. The summed E-state index contributed by atoms with van der Waals surface area (Å²) >= 11 is 0. The predicted octanol–water partition coefficient (Wildman–Crippen LogP) is 2.64. The molecule has 0 radical (unpaired) electrons. The SMILES string of the molecule is CN(CCCCCNC(=O)c1cnccn1)C1CCCCC1. The number of nitrogens with zero attached hydrogens (tertiary/aromatic N) is 3. The lowest BCUT2D eigenvalue weighted by molar-refractivity contribution is 0.0947. The van der Waals surface area contributed by atoms with Crippen LogP contribution in [0.25, 0.3) is 0 Å². The van der Waals surface area contributed by atoms with Crippen molar-refractivity contribution in [2.75, 3.05) is 20.1 Å². The van der Waals surface area contributed by atoms with Crippen LogP contribution >= 0.6 is 0 Å². The van der Waals surface area contributed by atoms with Crippen LogP contribution in [0.1, 0.15) is 61.9 Å². The molecule has 0 aromatic carbocycles. The zero-order chi connectivity index (χ0) is 15.6. The average Bonchev–Trinajstić information content (AvgIpc) is 2.59. The topological polar surface area (TPSA) is 58.1 Å². The third-order valence-electron chi connectivity index (χ3n) is 4.47. The monoisotopic (exact) mass is 304 g/mol. The second-order valence-corrected chi connectivity index (χ2v) is 6.18. The summed E-state index contributed by atoms with van der Waals surface area (Å²) in [5.41, 5.74) is 0.388. The van der Waals surface area contributed by atoms with Crippen LogP contribution in [0.5, 0.6) is 0 Å². The predicted molar refractivity (Wildman–Crippen MR) is 87.7 cm³/mol. The van der Waals surface area contributed by atoms with Crippen molar-refractivity contribution < 1.29 is 4.79 Å². The molecule has 0 atom stereocenters. The smallest absolute Gasteiger partial charge is 0.271 e. The summed E-state index contributed by atoms with van der Waals surface area (Å²) in [6, 6.07) is 0.796. The van der Waals surface area contributed by atoms with Crippen LogP contribution in [0.3, 0.4) is 0 Å². The molecule has 1 saturated carbocycles. The van der Waals surface area contributed by atoms with Crippen molar-refractivity contribution >= 4 is 5.91 Å². The first kappa shape index (κ1) is 16.9. The third kappa shape index (κ3) is 5.72. The fourth-order valence-corrected chi connectivity index (χ4v) is 3.08. The number of carbonyl (C=O) groups is 1. The highest BCUT2D eigenvalue weighted by atomic mass is 16.1. The van der Waals surface area contributed by atoms with Gasteiger partial charge >= 0.3 is 0 Å². The van der Waals surface area contributed by atoms with E-state index in [2.05, 4.69) is 27.2 Å². The molecule has 122 valence electrons. The number of amides is 1. The Morgan fingerprint density at radius 2 is 2.05 bits per heavy atom. The van der Waals surface area contributed by atoms with Crippen LogP contribution in [0, 0.1) is 0 Å². The van der Waals surface area contributed by atoms with E-state index in [0.717, 1.165) is 18.9 Å². The summed E-state index contributed by atoms with van der Waals surface area (Å²) < 4.78 is 0. The molecule has 22 heavy (non-hydrogen) atoms. The Labute approximate surface area is 133 Å². The van der Waals surface area contributed by atoms with E-state index in [1.807, 2.05) is 0 Å². The fraction of sp³-hybridized carbons (Fsp3) is 0.706. The standard InChI is InChI=1S/C17H28N4O/c1-21(15-8-4-2-5-9-15)13-7-3-6-10-20-17(22)16-14-18-11-12-19-16/h11-12,14-15H,2-10,13H2,1H3,(H,20,22). The first-order chi connectivity index (χ1) is 10.8. The minimum absolute atomic E-state index is 0.132. The number of nitrogens with one attached hydrogen (secondary N) is 1. The van der Waals surface area contributed by atoms with E-state index in [9.17, 15) is 4.79 Å². The quantitative estimate of drug-likeness (QED) is 0.750. The van der Waals surface area contributed by atoms with Crippen molar-refractivity contribution in [2.24, 2.45) is 0 Å². The molecule has 1 amide bonds. The van der Waals surface area contributed by atoms with Gasteiger partial charge in [0.25, 0.3) is 5.91 Å². The first-order valence-corrected chi connectivity index (χ1v) is 8.52. The Morgan fingerprint density at radius 3 is 2.77 bits per heavy atom. The van der Waals surface area contributed by atoms with Gasteiger partial charge in [-0.3, -0.25) is 9.78 Å². The molecule has 1 heterocycles. The Balaban J connectivity index is 1.51. The normalized spacial score (nSPS) is 15.9. The van der Waals surface area contributed by atoms with Crippen LogP contribution in [0.2, 0.25) is 0 Å². The van der Waals surface area contributed by atoms with E-state index < -0.39 is 0 Å². The highest BCUT2D eigenvalue weighted by molar-refractivity contribution is 5.91. The van der Waals surface area contributed by atoms with Crippen molar-refractivity contribution in [1.29, 1.82) is 0 Å². The largest absolute Gasteiger partial charge is 0.351 e. The lowest BCUT2D eigenvalue weighted by atomic mass is 9.94. The zero-order valence-electron chi connectivity index (χ0n) is 13.6. The molecule has 1 aliphatic carbocycles. The van der Waals surface area contributed by atoms with Gasteiger partial charge in [0, 0.05) is 25.0 Å². The van der Waals surface area contributed by atoms with Crippen LogP contribution in [-0.4, -0.2) is 47.0 Å². The van der Waals surface area contributed by atoms with Gasteiger partial charge in [-0.05, 0) is 39.3 Å². The Kier molecular flexibility index (Phi) is 7.30. The van der Waals surface area contributed by atoms with Crippen molar-refractivity contribution in [3.63, 3.8) is 0 Å². The molecule has 5 nitrogen and oxygen atoms in total. The average molecular weight is 304 g/mol. The molecule has 0 bridgehead atoms. The van der Waals surface area contributed by atoms with E-state index in [4.69, 9.17) is 0 Å². The summed E-state index contributed by atoms with van der Waals surface area (Å²) in [4.78, 5) is 22.2. The van der Waals surface area contributed by atoms with Gasteiger partial charge in [0.15, 0.2) is 0 Å². The second-order valence-electron chi connectivity index (χ2n) is 6.18. The Morgan fingerprint density at radius 1 is 1.23 bits per heavy atom. The summed E-state index contributed by atoms with van der Waals surface area (Å²) in [5.74, 6) is -0.132. The lowest BCUT2D eigenvalue weighted by Gasteiger charge is -2.31. The number of carbonyl (C=O) groups excluding carboxylic acids is 1. The summed E-state index contributed by atoms with van der Waals surface area (Å²) in [5, 5.41) is 2.90. The summed E-state index contributed by atoms with van der Waals surface area (Å²) in [6.07, 6.45) is 14.9. The fourth-order valence-electron chi connectivity index (χ4n) is 3.08. The van der Waals surface area contributed by atoms with Gasteiger partial charge in [-0.15, -0.1) is 0 Å². The lowest BCUT2D eigenvalue weighted by Crippen LogP contribution is -2.34. The minimum atomic E-state index is -0.132. The number of rotatable bonds is 8. The van der Waals surface area contributed by atoms with Crippen molar-refractivity contribution in [3.05, 3.63) is 24.3 Å². The minimum Gasteiger partial charge on any atom is -0.351 e. The van der Waals surface area contributed by atoms with Crippen molar-refractivity contribution in [1.82, 2.24) is 20.2 Å². The van der Waals surface area contributed by atoms with Gasteiger partial charge in [-0.1, -0.05) is 25.7 Å². The molecule has 1 N–H and O–H groups in total. The van der Waals surface area contributed by atoms with E-state index in [1.54, 1.807) is 6.20 Å². The van der Waals surface area contributed by atoms with Gasteiger partial charge < -0.3 is 10.2 Å². The van der Waals surface area contributed by atoms with Gasteiger partial charge in [-0.2, -0.15) is 0 Å². The zero-order valence-corrected chi connectivity index (χ0v) is 13.6. The molecule has 0 spiro atoms. The molecule has 0 unspecified atom stereocenters. The van der Waals surface area contributed by atoms with Crippen LogP contribution in [0.4, 0.5) is 0 Å². The Hall–Kier alpha value is -1.49. The highest BCUT2D eigenvalue weighted by Gasteiger charge is 2.17. The molecule has 0 saturated heterocycles. The van der Waals surface area contributed by atoms with Gasteiger partial charge in [0.1, 0.15) is 5.69 Å². The molecule has 0 aliphatic heterocycles. The first-order valence-electron chi connectivity index (χ1n) is 8.52. The van der Waals surface area contributed by atoms with Crippen LogP contribution < -0.4 is 5.32 Å². The molecular weight excluding hydrogens is 276 g/mol. The summed E-state index contributed by atoms with van der Waals surface area (Å²) in [6.45, 7) is 1.88. The number of aromatic nitrogens is 2. The maximum atomic E-state index is 11.8. The molecule has 1 aliphatic rings. The van der Waals surface area contributed by atoms with Crippen LogP contribution in [0.15, 0.2) is 18.6 Å². The van der Waals surface area contributed by atoms with Crippen molar-refractivity contribution in [3.8, 4) is 0 Å². The molecule has 1 aromatic heterocycles. The highest BCUT2D eigenvalue weighted by Crippen LogP contribution is 2.21. The van der Waals surface area contributed by atoms with Gasteiger partial charge in [0.05, 0.1) is 6.20 Å². The molecule has 1 aromatic rings. The number of unbranched alkanes of at least 4 members (excludes halogenated alkanes) is 2. The van der Waals surface area contributed by atoms with E-state index in [-0.39, 0.29) is 5.91 Å². The van der Waals surface area contributed by atoms with Crippen molar-refractivity contribution in [2.45, 2.75) is 57.4 Å². The van der Waals surface area contributed by atoms with Gasteiger partial charge in [0.2, 0.25) is 0 Å². The molecular formula is C17H28N4O. The van der Waals surface area contributed by atoms with Crippen LogP contribution in [-0.2, 0) is 0 Å². The molecule has 2 rings (SSSR count).